The summed E-state index contributed by atoms with van der Waals surface area (Å²) in [5.41, 5.74) is 0. The highest BCUT2D eigenvalue weighted by Crippen LogP contribution is 2.26. The summed E-state index contributed by atoms with van der Waals surface area (Å²) in [4.78, 5) is 9.02. The maximum Gasteiger partial charge on any atom is 0.404 e. The van der Waals surface area contributed by atoms with E-state index in [9.17, 15) is 31.5 Å². The van der Waals surface area contributed by atoms with Gasteiger partial charge in [-0.15, -0.1) is 0 Å². The van der Waals surface area contributed by atoms with Crippen molar-refractivity contribution in [2.75, 3.05) is 12.9 Å². The Hall–Kier alpha value is -1.25. The first-order valence-corrected chi connectivity index (χ1v) is 5.76. The Morgan fingerprint density at radius 3 is 2.06 bits per heavy atom. The van der Waals surface area contributed by atoms with Gasteiger partial charge in [-0.25, -0.2) is 13.2 Å². The Morgan fingerprint density at radius 2 is 1.81 bits per heavy atom. The monoisotopic (exact) mass is 261 g/mol. The summed E-state index contributed by atoms with van der Waals surface area (Å²) in [6.07, 6.45) is -5.12. The van der Waals surface area contributed by atoms with E-state index in [4.69, 9.17) is 0 Å². The van der Waals surface area contributed by atoms with Crippen molar-refractivity contribution in [2.45, 2.75) is 13.1 Å². The zero-order valence-corrected chi connectivity index (χ0v) is 9.11. The second-order valence-electron chi connectivity index (χ2n) is 2.65. The van der Waals surface area contributed by atoms with Gasteiger partial charge in [-0.05, 0) is 6.92 Å². The lowest BCUT2D eigenvalue weighted by atomic mass is 10.4. The fourth-order valence-electron chi connectivity index (χ4n) is 0.738. The molecule has 0 amide bonds. The molecule has 16 heavy (non-hydrogen) atoms. The van der Waals surface area contributed by atoms with E-state index in [1.165, 1.54) is 6.92 Å². The minimum Gasteiger partial charge on any atom is -0.868 e. The molecule has 0 aliphatic carbocycles. The van der Waals surface area contributed by atoms with Crippen molar-refractivity contribution >= 4 is 15.8 Å². The number of ether oxygens (including phenoxy) is 1. The number of carbonyl (C=O) groups excluding carboxylic acids is 1. The molecule has 0 N–H and O–H groups in total. The third-order valence-electron chi connectivity index (χ3n) is 1.30. The molecule has 0 aromatic rings. The number of allylic oxidation sites excluding steroid dienone is 1. The molecule has 0 rings (SSSR count). The maximum absolute atomic E-state index is 12.0. The van der Waals surface area contributed by atoms with Gasteiger partial charge < -0.3 is 9.84 Å². The average molecular weight is 261 g/mol. The van der Waals surface area contributed by atoms with E-state index in [1.54, 1.807) is 0 Å². The van der Waals surface area contributed by atoms with Crippen molar-refractivity contribution in [1.29, 1.82) is 0 Å². The number of esters is 1. The van der Waals surface area contributed by atoms with Crippen molar-refractivity contribution in [3.05, 3.63) is 10.7 Å². The van der Waals surface area contributed by atoms with E-state index >= 15 is 0 Å². The van der Waals surface area contributed by atoms with Crippen LogP contribution in [0.15, 0.2) is 10.7 Å². The van der Waals surface area contributed by atoms with Gasteiger partial charge in [0.1, 0.15) is 4.91 Å². The smallest absolute Gasteiger partial charge is 0.404 e. The number of halogens is 3. The molecule has 0 aliphatic heterocycles. The Morgan fingerprint density at radius 1 is 1.38 bits per heavy atom. The van der Waals surface area contributed by atoms with E-state index in [1.807, 2.05) is 0 Å². The fraction of sp³-hybridized carbons (Fsp3) is 0.571. The SMILES string of the molecule is CCOC(=O)/C(=C(\[O-])C(F)(F)F)S(C)(=O)=O. The molecule has 0 aromatic carbocycles. The van der Waals surface area contributed by atoms with Gasteiger partial charge in [0.05, 0.1) is 6.61 Å². The molecule has 0 fully saturated rings. The molecule has 0 heterocycles. The molecule has 0 radical (unpaired) electrons. The lowest BCUT2D eigenvalue weighted by Gasteiger charge is -2.19. The van der Waals surface area contributed by atoms with Crippen molar-refractivity contribution < 1.29 is 36.2 Å². The second kappa shape index (κ2) is 4.73. The largest absolute Gasteiger partial charge is 0.868 e. The molecule has 94 valence electrons. The zero-order chi connectivity index (χ0) is 13.1. The van der Waals surface area contributed by atoms with Crippen LogP contribution in [-0.4, -0.2) is 33.4 Å². The van der Waals surface area contributed by atoms with Gasteiger partial charge in [-0.2, -0.15) is 13.2 Å². The molecule has 0 spiro atoms. The summed E-state index contributed by atoms with van der Waals surface area (Å²) in [6, 6.07) is 0. The van der Waals surface area contributed by atoms with Crippen LogP contribution in [-0.2, 0) is 19.4 Å². The highest BCUT2D eigenvalue weighted by Gasteiger charge is 2.35. The molecule has 0 bridgehead atoms. The highest BCUT2D eigenvalue weighted by atomic mass is 32.2. The minimum absolute atomic E-state index is 0.322. The summed E-state index contributed by atoms with van der Waals surface area (Å²) in [7, 11) is -4.60. The molecule has 0 aliphatic rings. The number of hydrogen-bond donors (Lipinski definition) is 0. The van der Waals surface area contributed by atoms with Gasteiger partial charge in [0.15, 0.2) is 9.84 Å². The van der Waals surface area contributed by atoms with E-state index < -0.39 is 32.6 Å². The lowest BCUT2D eigenvalue weighted by molar-refractivity contribution is -0.360. The van der Waals surface area contributed by atoms with Gasteiger partial charge >= 0.3 is 12.1 Å². The Balaban J connectivity index is 5.72. The van der Waals surface area contributed by atoms with Gasteiger partial charge in [-0.3, -0.25) is 0 Å². The van der Waals surface area contributed by atoms with E-state index in [0.717, 1.165) is 0 Å². The topological polar surface area (TPSA) is 83.5 Å². The predicted molar refractivity (Wildman–Crippen MR) is 44.6 cm³/mol. The number of carbonyl (C=O) groups is 1. The summed E-state index contributed by atoms with van der Waals surface area (Å²) >= 11 is 0. The van der Waals surface area contributed by atoms with Crippen molar-refractivity contribution in [1.82, 2.24) is 0 Å². The van der Waals surface area contributed by atoms with Crippen LogP contribution < -0.4 is 5.11 Å². The summed E-state index contributed by atoms with van der Waals surface area (Å²) in [6.45, 7) is 0.916. The van der Waals surface area contributed by atoms with Crippen LogP contribution >= 0.6 is 0 Å². The molecular weight excluding hydrogens is 253 g/mol. The first-order chi connectivity index (χ1) is 7.01. The third kappa shape index (κ3) is 3.72. The molecule has 0 saturated heterocycles. The molecule has 0 unspecified atom stereocenters. The van der Waals surface area contributed by atoms with Crippen LogP contribution in [0, 0.1) is 0 Å². The van der Waals surface area contributed by atoms with Crippen LogP contribution in [0.4, 0.5) is 13.2 Å². The van der Waals surface area contributed by atoms with E-state index in [-0.39, 0.29) is 6.61 Å². The maximum atomic E-state index is 12.0. The predicted octanol–water partition coefficient (Wildman–Crippen LogP) is -0.272. The van der Waals surface area contributed by atoms with Crippen molar-refractivity contribution in [3.8, 4) is 0 Å². The van der Waals surface area contributed by atoms with Crippen LogP contribution in [0.25, 0.3) is 0 Å². The second-order valence-corrected chi connectivity index (χ2v) is 4.60. The van der Waals surface area contributed by atoms with E-state index in [2.05, 4.69) is 4.74 Å². The Kier molecular flexibility index (Phi) is 4.36. The average Bonchev–Trinajstić information content (AvgIpc) is 1.99. The Labute approximate surface area is 89.4 Å². The number of sulfone groups is 1. The number of rotatable bonds is 3. The van der Waals surface area contributed by atoms with Crippen LogP contribution in [0.3, 0.4) is 0 Å². The molecule has 9 heteroatoms. The quantitative estimate of drug-likeness (QED) is 0.396. The highest BCUT2D eigenvalue weighted by molar-refractivity contribution is 7.95. The van der Waals surface area contributed by atoms with E-state index in [0.29, 0.717) is 6.26 Å². The number of hydrogen-bond acceptors (Lipinski definition) is 5. The normalized spacial score (nSPS) is 14.3. The first kappa shape index (κ1) is 14.8. The van der Waals surface area contributed by atoms with Crippen LogP contribution in [0.2, 0.25) is 0 Å². The minimum atomic E-state index is -5.44. The summed E-state index contributed by atoms with van der Waals surface area (Å²) in [5.74, 6) is -4.53. The van der Waals surface area contributed by atoms with Gasteiger partial charge in [0, 0.05) is 12.0 Å². The Bertz CT molecular complexity index is 406. The third-order valence-corrected chi connectivity index (χ3v) is 2.39. The first-order valence-electron chi connectivity index (χ1n) is 3.87. The van der Waals surface area contributed by atoms with Crippen LogP contribution in [0.1, 0.15) is 6.92 Å². The number of alkyl halides is 3. The standard InChI is InChI=1S/C7H9F3O5S/c1-3-15-6(12)4(16(2,13)14)5(11)7(8,9)10/h11H,3H2,1-2H3/p-1/b5-4+. The molecule has 0 atom stereocenters. The summed E-state index contributed by atoms with van der Waals surface area (Å²) < 4.78 is 61.8. The molecular formula is C7H8F3O5S-. The molecule has 5 nitrogen and oxygen atoms in total. The molecule has 0 aromatic heterocycles. The van der Waals surface area contributed by atoms with Gasteiger partial charge in [-0.1, -0.05) is 0 Å². The van der Waals surface area contributed by atoms with Crippen molar-refractivity contribution in [2.24, 2.45) is 0 Å². The van der Waals surface area contributed by atoms with Gasteiger partial charge in [0.2, 0.25) is 0 Å². The lowest BCUT2D eigenvalue weighted by Crippen LogP contribution is -2.31. The zero-order valence-electron chi connectivity index (χ0n) is 8.29. The fourth-order valence-corrected chi connectivity index (χ4v) is 1.55. The van der Waals surface area contributed by atoms with Gasteiger partial charge in [0.25, 0.3) is 0 Å². The molecule has 0 saturated carbocycles. The van der Waals surface area contributed by atoms with Crippen molar-refractivity contribution in [3.63, 3.8) is 0 Å². The summed E-state index contributed by atoms with van der Waals surface area (Å²) in [5, 5.41) is 10.7. The van der Waals surface area contributed by atoms with Crippen LogP contribution in [0.5, 0.6) is 0 Å².